The Kier molecular flexibility index (Phi) is 6.49. The molecule has 0 atom stereocenters. The number of phenols is 1. The van der Waals surface area contributed by atoms with E-state index in [9.17, 15) is 15.0 Å². The molecule has 0 saturated carbocycles. The van der Waals surface area contributed by atoms with Gasteiger partial charge in [-0.15, -0.1) is 0 Å². The van der Waals surface area contributed by atoms with Crippen molar-refractivity contribution in [3.8, 4) is 5.75 Å². The summed E-state index contributed by atoms with van der Waals surface area (Å²) in [5.41, 5.74) is 0.124. The number of hydrogen-bond donors (Lipinski definition) is 2. The normalized spacial score (nSPS) is 15.6. The summed E-state index contributed by atoms with van der Waals surface area (Å²) in [7, 11) is 0. The van der Waals surface area contributed by atoms with Crippen molar-refractivity contribution < 1.29 is 15.0 Å². The van der Waals surface area contributed by atoms with Gasteiger partial charge in [-0.25, -0.2) is 0 Å². The van der Waals surface area contributed by atoms with Crippen LogP contribution >= 0.6 is 0 Å². The Labute approximate surface area is 144 Å². The van der Waals surface area contributed by atoms with E-state index in [0.717, 1.165) is 31.6 Å². The molecule has 1 aromatic rings. The Bertz CT molecular complexity index is 533. The van der Waals surface area contributed by atoms with Crippen molar-refractivity contribution in [2.75, 3.05) is 31.1 Å². The van der Waals surface area contributed by atoms with Crippen LogP contribution in [0.4, 0.5) is 5.69 Å². The number of amides is 1. The number of hydrogen-bond acceptors (Lipinski definition) is 4. The number of aliphatic hydroxyl groups is 1. The van der Waals surface area contributed by atoms with E-state index in [2.05, 4.69) is 4.90 Å². The first-order valence-electron chi connectivity index (χ1n) is 9.01. The molecule has 1 fully saturated rings. The highest BCUT2D eigenvalue weighted by Crippen LogP contribution is 2.26. The predicted octanol–water partition coefficient (Wildman–Crippen LogP) is 2.76. The summed E-state index contributed by atoms with van der Waals surface area (Å²) in [5, 5.41) is 20.3. The van der Waals surface area contributed by atoms with Crippen LogP contribution in [0.15, 0.2) is 24.3 Å². The Hall–Kier alpha value is -1.75. The second-order valence-electron chi connectivity index (χ2n) is 6.79. The molecular weight excluding hydrogens is 304 g/mol. The second-order valence-corrected chi connectivity index (χ2v) is 6.79. The smallest absolute Gasteiger partial charge is 0.225 e. The van der Waals surface area contributed by atoms with Crippen LogP contribution in [0.2, 0.25) is 0 Å². The summed E-state index contributed by atoms with van der Waals surface area (Å²) in [6.07, 6.45) is 3.34. The molecular formula is C19H30N2O3. The number of carbonyl (C=O) groups excluding carboxylic acids is 1. The lowest BCUT2D eigenvalue weighted by Gasteiger charge is -2.38. The molecule has 0 unspecified atom stereocenters. The average Bonchev–Trinajstić information content (AvgIpc) is 2.55. The Morgan fingerprint density at radius 3 is 2.29 bits per heavy atom. The number of phenolic OH excluding ortho intramolecular Hbond substituents is 1. The monoisotopic (exact) mass is 334 g/mol. The van der Waals surface area contributed by atoms with E-state index in [0.29, 0.717) is 25.9 Å². The highest BCUT2D eigenvalue weighted by Gasteiger charge is 2.31. The van der Waals surface area contributed by atoms with Gasteiger partial charge >= 0.3 is 0 Å². The lowest BCUT2D eigenvalue weighted by atomic mass is 9.88. The third-order valence-corrected chi connectivity index (χ3v) is 4.74. The Balaban J connectivity index is 1.90. The molecule has 5 nitrogen and oxygen atoms in total. The van der Waals surface area contributed by atoms with Crippen LogP contribution in [0, 0.1) is 0 Å². The number of carbonyl (C=O) groups is 1. The molecule has 0 radical (unpaired) electrons. The fourth-order valence-corrected chi connectivity index (χ4v) is 3.53. The van der Waals surface area contributed by atoms with Crippen LogP contribution in [0.25, 0.3) is 0 Å². The number of rotatable bonds is 7. The van der Waals surface area contributed by atoms with E-state index in [1.165, 1.54) is 0 Å². The van der Waals surface area contributed by atoms with Crippen LogP contribution in [0.5, 0.6) is 5.75 Å². The molecule has 0 aromatic heterocycles. The SMILES string of the molecule is CCCC(O)(CCC)CC(=O)N1CCN(c2cccc(O)c2)CC1. The van der Waals surface area contributed by atoms with Gasteiger partial charge in [-0.2, -0.15) is 0 Å². The molecule has 134 valence electrons. The molecule has 1 aromatic carbocycles. The van der Waals surface area contributed by atoms with Gasteiger partial charge in [0.1, 0.15) is 5.75 Å². The van der Waals surface area contributed by atoms with Gasteiger partial charge in [-0.05, 0) is 25.0 Å². The molecule has 0 spiro atoms. The minimum Gasteiger partial charge on any atom is -0.508 e. The first kappa shape index (κ1) is 18.6. The first-order chi connectivity index (χ1) is 11.5. The molecule has 5 heteroatoms. The van der Waals surface area contributed by atoms with Crippen LogP contribution in [-0.4, -0.2) is 52.8 Å². The van der Waals surface area contributed by atoms with E-state index in [1.807, 2.05) is 30.9 Å². The quantitative estimate of drug-likeness (QED) is 0.805. The lowest BCUT2D eigenvalue weighted by molar-refractivity contribution is -0.137. The molecule has 2 N–H and O–H groups in total. The minimum atomic E-state index is -0.858. The Morgan fingerprint density at radius 2 is 1.75 bits per heavy atom. The molecule has 24 heavy (non-hydrogen) atoms. The Morgan fingerprint density at radius 1 is 1.12 bits per heavy atom. The van der Waals surface area contributed by atoms with Gasteiger partial charge < -0.3 is 20.0 Å². The molecule has 0 bridgehead atoms. The lowest BCUT2D eigenvalue weighted by Crippen LogP contribution is -2.50. The average molecular weight is 334 g/mol. The fourth-order valence-electron chi connectivity index (χ4n) is 3.53. The zero-order chi connectivity index (χ0) is 17.6. The van der Waals surface area contributed by atoms with Crippen LogP contribution < -0.4 is 4.90 Å². The summed E-state index contributed by atoms with van der Waals surface area (Å²) < 4.78 is 0. The van der Waals surface area contributed by atoms with E-state index < -0.39 is 5.60 Å². The van der Waals surface area contributed by atoms with Crippen molar-refractivity contribution in [2.45, 2.75) is 51.6 Å². The van der Waals surface area contributed by atoms with Gasteiger partial charge in [-0.1, -0.05) is 32.8 Å². The highest BCUT2D eigenvalue weighted by molar-refractivity contribution is 5.77. The third kappa shape index (κ3) is 4.87. The van der Waals surface area contributed by atoms with E-state index in [-0.39, 0.29) is 18.1 Å². The number of aromatic hydroxyl groups is 1. The van der Waals surface area contributed by atoms with Crippen LogP contribution in [-0.2, 0) is 4.79 Å². The van der Waals surface area contributed by atoms with E-state index in [4.69, 9.17) is 0 Å². The molecule has 1 saturated heterocycles. The highest BCUT2D eigenvalue weighted by atomic mass is 16.3. The summed E-state index contributed by atoms with van der Waals surface area (Å²) in [4.78, 5) is 16.6. The van der Waals surface area contributed by atoms with Crippen molar-refractivity contribution in [1.82, 2.24) is 4.90 Å². The second kappa shape index (κ2) is 8.38. The summed E-state index contributed by atoms with van der Waals surface area (Å²) in [6.45, 7) is 6.88. The van der Waals surface area contributed by atoms with Crippen LogP contribution in [0.1, 0.15) is 46.0 Å². The van der Waals surface area contributed by atoms with Gasteiger partial charge in [0, 0.05) is 37.9 Å². The maximum Gasteiger partial charge on any atom is 0.225 e. The number of piperazine rings is 1. The third-order valence-electron chi connectivity index (χ3n) is 4.74. The molecule has 0 aliphatic carbocycles. The number of anilines is 1. The maximum atomic E-state index is 12.6. The molecule has 1 aliphatic heterocycles. The number of benzene rings is 1. The summed E-state index contributed by atoms with van der Waals surface area (Å²) in [6, 6.07) is 7.21. The van der Waals surface area contributed by atoms with E-state index >= 15 is 0 Å². The molecule has 2 rings (SSSR count). The van der Waals surface area contributed by atoms with Crippen molar-refractivity contribution in [3.63, 3.8) is 0 Å². The van der Waals surface area contributed by atoms with Crippen molar-refractivity contribution in [1.29, 1.82) is 0 Å². The predicted molar refractivity (Wildman–Crippen MR) is 96.3 cm³/mol. The van der Waals surface area contributed by atoms with Crippen molar-refractivity contribution in [2.24, 2.45) is 0 Å². The van der Waals surface area contributed by atoms with Gasteiger partial charge in [0.05, 0.1) is 12.0 Å². The summed E-state index contributed by atoms with van der Waals surface area (Å²) in [5.74, 6) is 0.310. The maximum absolute atomic E-state index is 12.6. The van der Waals surface area contributed by atoms with E-state index in [1.54, 1.807) is 12.1 Å². The zero-order valence-electron chi connectivity index (χ0n) is 14.9. The number of nitrogens with zero attached hydrogens (tertiary/aromatic N) is 2. The fraction of sp³-hybridized carbons (Fsp3) is 0.632. The molecule has 1 amide bonds. The van der Waals surface area contributed by atoms with Crippen molar-refractivity contribution in [3.05, 3.63) is 24.3 Å². The van der Waals surface area contributed by atoms with Gasteiger partial charge in [0.15, 0.2) is 0 Å². The minimum absolute atomic E-state index is 0.0509. The largest absolute Gasteiger partial charge is 0.508 e. The van der Waals surface area contributed by atoms with Gasteiger partial charge in [0.25, 0.3) is 0 Å². The zero-order valence-corrected chi connectivity index (χ0v) is 14.9. The van der Waals surface area contributed by atoms with Crippen molar-refractivity contribution >= 4 is 11.6 Å². The van der Waals surface area contributed by atoms with Gasteiger partial charge in [0.2, 0.25) is 5.91 Å². The topological polar surface area (TPSA) is 64.0 Å². The first-order valence-corrected chi connectivity index (χ1v) is 9.01. The summed E-state index contributed by atoms with van der Waals surface area (Å²) >= 11 is 0. The standard InChI is InChI=1S/C19H30N2O3/c1-3-8-19(24,9-4-2)15-18(23)21-12-10-20(11-13-21)16-6-5-7-17(22)14-16/h5-7,14,22,24H,3-4,8-13,15H2,1-2H3. The molecule has 1 heterocycles. The van der Waals surface area contributed by atoms with Crippen LogP contribution in [0.3, 0.4) is 0 Å². The van der Waals surface area contributed by atoms with Gasteiger partial charge in [-0.3, -0.25) is 4.79 Å². The molecule has 1 aliphatic rings.